The molecule has 1 aromatic rings. The van der Waals surface area contributed by atoms with E-state index < -0.39 is 0 Å². The Balaban J connectivity index is 2.66. The highest BCUT2D eigenvalue weighted by Crippen LogP contribution is 2.19. The number of ether oxygens (including phenoxy) is 1. The highest BCUT2D eigenvalue weighted by Gasteiger charge is 2.09. The Kier molecular flexibility index (Phi) is 4.90. The van der Waals surface area contributed by atoms with E-state index in [4.69, 9.17) is 10.5 Å². The molecule has 5 heteroatoms. The fourth-order valence-electron chi connectivity index (χ4n) is 1.27. The predicted octanol–water partition coefficient (Wildman–Crippen LogP) is 1.14. The van der Waals surface area contributed by atoms with E-state index in [1.165, 1.54) is 18.2 Å². The van der Waals surface area contributed by atoms with Crippen molar-refractivity contribution in [1.29, 1.82) is 0 Å². The molecule has 0 aromatic heterocycles. The SMILES string of the molecule is CCN(C)C(=O)COc1ccc(F)cc1CN. The zero-order valence-electron chi connectivity index (χ0n) is 10.1. The highest BCUT2D eigenvalue weighted by atomic mass is 19.1. The van der Waals surface area contributed by atoms with E-state index in [2.05, 4.69) is 0 Å². The van der Waals surface area contributed by atoms with Crippen LogP contribution in [0.15, 0.2) is 18.2 Å². The minimum absolute atomic E-state index is 0.0665. The van der Waals surface area contributed by atoms with Gasteiger partial charge >= 0.3 is 0 Å². The van der Waals surface area contributed by atoms with Crippen molar-refractivity contribution >= 4 is 5.91 Å². The van der Waals surface area contributed by atoms with Crippen LogP contribution in [0.5, 0.6) is 5.75 Å². The molecule has 0 saturated heterocycles. The second-order valence-corrected chi connectivity index (χ2v) is 3.65. The van der Waals surface area contributed by atoms with E-state index in [1.807, 2.05) is 6.92 Å². The Morgan fingerprint density at radius 3 is 2.82 bits per heavy atom. The van der Waals surface area contributed by atoms with Gasteiger partial charge in [0.05, 0.1) is 0 Å². The molecule has 0 radical (unpaired) electrons. The van der Waals surface area contributed by atoms with Crippen molar-refractivity contribution < 1.29 is 13.9 Å². The number of benzene rings is 1. The van der Waals surface area contributed by atoms with E-state index in [9.17, 15) is 9.18 Å². The minimum Gasteiger partial charge on any atom is -0.483 e. The normalized spacial score (nSPS) is 10.1. The van der Waals surface area contributed by atoms with Crippen LogP contribution in [0.3, 0.4) is 0 Å². The van der Waals surface area contributed by atoms with Crippen molar-refractivity contribution in [2.45, 2.75) is 13.5 Å². The summed E-state index contributed by atoms with van der Waals surface area (Å²) in [6.45, 7) is 2.60. The number of hydrogen-bond donors (Lipinski definition) is 1. The molecule has 1 aromatic carbocycles. The van der Waals surface area contributed by atoms with Crippen LogP contribution in [-0.4, -0.2) is 31.0 Å². The van der Waals surface area contributed by atoms with Crippen LogP contribution >= 0.6 is 0 Å². The summed E-state index contributed by atoms with van der Waals surface area (Å²) in [6, 6.07) is 4.07. The molecule has 0 saturated carbocycles. The summed E-state index contributed by atoms with van der Waals surface area (Å²) in [5.74, 6) is -0.0404. The average molecular weight is 240 g/mol. The molecule has 0 fully saturated rings. The number of nitrogens with two attached hydrogens (primary N) is 1. The molecule has 2 N–H and O–H groups in total. The quantitative estimate of drug-likeness (QED) is 0.839. The fraction of sp³-hybridized carbons (Fsp3) is 0.417. The summed E-state index contributed by atoms with van der Waals surface area (Å²) >= 11 is 0. The highest BCUT2D eigenvalue weighted by molar-refractivity contribution is 5.77. The first kappa shape index (κ1) is 13.4. The largest absolute Gasteiger partial charge is 0.483 e. The summed E-state index contributed by atoms with van der Waals surface area (Å²) in [5.41, 5.74) is 6.02. The summed E-state index contributed by atoms with van der Waals surface area (Å²) in [7, 11) is 1.69. The average Bonchev–Trinajstić information content (AvgIpc) is 2.35. The number of likely N-dealkylation sites (N-methyl/N-ethyl adjacent to an activating group) is 1. The van der Waals surface area contributed by atoms with E-state index in [1.54, 1.807) is 11.9 Å². The number of carbonyl (C=O) groups excluding carboxylic acids is 1. The van der Waals surface area contributed by atoms with Crippen LogP contribution in [-0.2, 0) is 11.3 Å². The van der Waals surface area contributed by atoms with Gasteiger partial charge in [-0.3, -0.25) is 4.79 Å². The molecule has 1 rings (SSSR count). The van der Waals surface area contributed by atoms with Gasteiger partial charge in [-0.25, -0.2) is 4.39 Å². The molecule has 17 heavy (non-hydrogen) atoms. The first-order chi connectivity index (χ1) is 8.08. The second-order valence-electron chi connectivity index (χ2n) is 3.65. The molecule has 0 spiro atoms. The zero-order valence-corrected chi connectivity index (χ0v) is 10.1. The molecule has 4 nitrogen and oxygen atoms in total. The van der Waals surface area contributed by atoms with Crippen molar-refractivity contribution in [3.63, 3.8) is 0 Å². The summed E-state index contributed by atoms with van der Waals surface area (Å²) in [5, 5.41) is 0. The molecule has 0 heterocycles. The van der Waals surface area contributed by atoms with Crippen molar-refractivity contribution in [3.8, 4) is 5.75 Å². The Labute approximate surface area is 100 Å². The minimum atomic E-state index is -0.366. The van der Waals surface area contributed by atoms with Gasteiger partial charge in [0.2, 0.25) is 0 Å². The van der Waals surface area contributed by atoms with Gasteiger partial charge in [-0.15, -0.1) is 0 Å². The monoisotopic (exact) mass is 240 g/mol. The maximum absolute atomic E-state index is 12.9. The first-order valence-corrected chi connectivity index (χ1v) is 5.43. The van der Waals surface area contributed by atoms with Crippen molar-refractivity contribution in [2.24, 2.45) is 5.73 Å². The van der Waals surface area contributed by atoms with Crippen LogP contribution < -0.4 is 10.5 Å². The van der Waals surface area contributed by atoms with Gasteiger partial charge in [0.1, 0.15) is 11.6 Å². The number of carbonyl (C=O) groups is 1. The van der Waals surface area contributed by atoms with Crippen LogP contribution in [0.2, 0.25) is 0 Å². The number of hydrogen-bond acceptors (Lipinski definition) is 3. The molecule has 0 unspecified atom stereocenters. The van der Waals surface area contributed by atoms with Gasteiger partial charge in [-0.2, -0.15) is 0 Å². The lowest BCUT2D eigenvalue weighted by atomic mass is 10.2. The fourth-order valence-corrected chi connectivity index (χ4v) is 1.27. The molecule has 94 valence electrons. The van der Waals surface area contributed by atoms with E-state index >= 15 is 0 Å². The lowest BCUT2D eigenvalue weighted by Crippen LogP contribution is -2.31. The van der Waals surface area contributed by atoms with Gasteiger partial charge in [0.25, 0.3) is 5.91 Å². The maximum atomic E-state index is 12.9. The standard InChI is InChI=1S/C12H17FN2O2/c1-3-15(2)12(16)8-17-11-5-4-10(13)6-9(11)7-14/h4-6H,3,7-8,14H2,1-2H3. The number of halogens is 1. The number of rotatable bonds is 5. The third-order valence-electron chi connectivity index (χ3n) is 2.49. The molecular formula is C12H17FN2O2. The third kappa shape index (κ3) is 3.71. The Morgan fingerprint density at radius 2 is 2.24 bits per heavy atom. The Bertz CT molecular complexity index is 396. The zero-order chi connectivity index (χ0) is 12.8. The van der Waals surface area contributed by atoms with E-state index in [0.717, 1.165) is 0 Å². The Hall–Kier alpha value is -1.62. The molecule has 0 atom stereocenters. The smallest absolute Gasteiger partial charge is 0.260 e. The molecule has 0 aliphatic heterocycles. The van der Waals surface area contributed by atoms with Crippen LogP contribution in [0.25, 0.3) is 0 Å². The molecule has 0 bridgehead atoms. The van der Waals surface area contributed by atoms with E-state index in [0.29, 0.717) is 17.9 Å². The first-order valence-electron chi connectivity index (χ1n) is 5.43. The lowest BCUT2D eigenvalue weighted by Gasteiger charge is -2.16. The van der Waals surface area contributed by atoms with Crippen molar-refractivity contribution in [2.75, 3.05) is 20.2 Å². The predicted molar refractivity (Wildman–Crippen MR) is 63.1 cm³/mol. The van der Waals surface area contributed by atoms with Crippen molar-refractivity contribution in [3.05, 3.63) is 29.6 Å². The van der Waals surface area contributed by atoms with Gasteiger partial charge in [-0.05, 0) is 25.1 Å². The van der Waals surface area contributed by atoms with Crippen LogP contribution in [0.4, 0.5) is 4.39 Å². The topological polar surface area (TPSA) is 55.6 Å². The number of nitrogens with zero attached hydrogens (tertiary/aromatic N) is 1. The number of amides is 1. The Morgan fingerprint density at radius 1 is 1.53 bits per heavy atom. The van der Waals surface area contributed by atoms with Gasteiger partial charge < -0.3 is 15.4 Å². The summed E-state index contributed by atoms with van der Waals surface area (Å²) in [4.78, 5) is 13.1. The molecule has 0 aliphatic rings. The molecule has 0 aliphatic carbocycles. The molecular weight excluding hydrogens is 223 g/mol. The third-order valence-corrected chi connectivity index (χ3v) is 2.49. The van der Waals surface area contributed by atoms with Gasteiger partial charge in [0.15, 0.2) is 6.61 Å². The second kappa shape index (κ2) is 6.20. The van der Waals surface area contributed by atoms with Crippen LogP contribution in [0.1, 0.15) is 12.5 Å². The van der Waals surface area contributed by atoms with Gasteiger partial charge in [-0.1, -0.05) is 0 Å². The maximum Gasteiger partial charge on any atom is 0.260 e. The van der Waals surface area contributed by atoms with Gasteiger partial charge in [0, 0.05) is 25.7 Å². The summed E-state index contributed by atoms with van der Waals surface area (Å²) < 4.78 is 18.3. The lowest BCUT2D eigenvalue weighted by molar-refractivity contribution is -0.131. The summed E-state index contributed by atoms with van der Waals surface area (Å²) in [6.07, 6.45) is 0. The van der Waals surface area contributed by atoms with Crippen LogP contribution in [0, 0.1) is 5.82 Å². The van der Waals surface area contributed by atoms with E-state index in [-0.39, 0.29) is 24.9 Å². The van der Waals surface area contributed by atoms with Crippen molar-refractivity contribution in [1.82, 2.24) is 4.90 Å². The molecule has 1 amide bonds.